The van der Waals surface area contributed by atoms with Crippen LogP contribution in [0.4, 0.5) is 13.2 Å². The van der Waals surface area contributed by atoms with E-state index in [1.807, 2.05) is 42.1 Å². The highest BCUT2D eigenvalue weighted by Crippen LogP contribution is 2.21. The Balaban J connectivity index is 2.03. The fraction of sp³-hybridized carbons (Fsp3) is 0.385. The van der Waals surface area contributed by atoms with Crippen molar-refractivity contribution in [3.05, 3.63) is 36.0 Å². The van der Waals surface area contributed by atoms with Crippen molar-refractivity contribution in [2.45, 2.75) is 18.8 Å². The molecule has 0 saturated heterocycles. The SMILES string of the molecule is Cn1cc(CNCC(O)C(F)(F)F)c2ccccc21. The van der Waals surface area contributed by atoms with Crippen molar-refractivity contribution >= 4 is 10.9 Å². The minimum absolute atomic E-state index is 0.286. The van der Waals surface area contributed by atoms with Gasteiger partial charge in [-0.05, 0) is 11.6 Å². The number of benzene rings is 1. The van der Waals surface area contributed by atoms with Crippen LogP contribution in [-0.2, 0) is 13.6 Å². The first-order chi connectivity index (χ1) is 8.89. The summed E-state index contributed by atoms with van der Waals surface area (Å²) in [6.45, 7) is -0.221. The molecule has 0 fully saturated rings. The largest absolute Gasteiger partial charge is 0.415 e. The molecule has 19 heavy (non-hydrogen) atoms. The first kappa shape index (κ1) is 13.9. The highest BCUT2D eigenvalue weighted by Gasteiger charge is 2.37. The monoisotopic (exact) mass is 272 g/mol. The average Bonchev–Trinajstić information content (AvgIpc) is 2.66. The second-order valence-electron chi connectivity index (χ2n) is 4.47. The van der Waals surface area contributed by atoms with Gasteiger partial charge in [-0.2, -0.15) is 13.2 Å². The van der Waals surface area contributed by atoms with Gasteiger partial charge in [-0.15, -0.1) is 0 Å². The van der Waals surface area contributed by atoms with Crippen molar-refractivity contribution in [2.24, 2.45) is 7.05 Å². The number of aromatic nitrogens is 1. The van der Waals surface area contributed by atoms with Gasteiger partial charge in [-0.1, -0.05) is 18.2 Å². The fourth-order valence-corrected chi connectivity index (χ4v) is 2.03. The fourth-order valence-electron chi connectivity index (χ4n) is 2.03. The lowest BCUT2D eigenvalue weighted by Crippen LogP contribution is -2.38. The molecule has 1 atom stereocenters. The Morgan fingerprint density at radius 1 is 1.32 bits per heavy atom. The van der Waals surface area contributed by atoms with E-state index in [0.29, 0.717) is 0 Å². The zero-order chi connectivity index (χ0) is 14.0. The quantitative estimate of drug-likeness (QED) is 0.895. The second-order valence-corrected chi connectivity index (χ2v) is 4.47. The summed E-state index contributed by atoms with van der Waals surface area (Å²) in [5, 5.41) is 12.5. The summed E-state index contributed by atoms with van der Waals surface area (Å²) < 4.78 is 38.3. The van der Waals surface area contributed by atoms with Crippen LogP contribution in [0.2, 0.25) is 0 Å². The number of aliphatic hydroxyl groups excluding tert-OH is 1. The molecule has 2 N–H and O–H groups in total. The van der Waals surface area contributed by atoms with E-state index in [0.717, 1.165) is 16.5 Å². The first-order valence-electron chi connectivity index (χ1n) is 5.88. The Labute approximate surface area is 108 Å². The number of para-hydroxylation sites is 1. The number of hydrogen-bond donors (Lipinski definition) is 2. The van der Waals surface area contributed by atoms with Crippen LogP contribution in [0.15, 0.2) is 30.5 Å². The van der Waals surface area contributed by atoms with Gasteiger partial charge in [-0.3, -0.25) is 0 Å². The third-order valence-corrected chi connectivity index (χ3v) is 3.01. The predicted octanol–water partition coefficient (Wildman–Crippen LogP) is 2.19. The van der Waals surface area contributed by atoms with Crippen LogP contribution in [0.5, 0.6) is 0 Å². The van der Waals surface area contributed by atoms with E-state index in [1.165, 1.54) is 0 Å². The molecule has 3 nitrogen and oxygen atoms in total. The second kappa shape index (κ2) is 5.22. The van der Waals surface area contributed by atoms with Crippen molar-refractivity contribution in [1.82, 2.24) is 9.88 Å². The van der Waals surface area contributed by atoms with Gasteiger partial charge in [-0.25, -0.2) is 0 Å². The lowest BCUT2D eigenvalue weighted by molar-refractivity contribution is -0.201. The topological polar surface area (TPSA) is 37.2 Å². The Kier molecular flexibility index (Phi) is 3.82. The maximum absolute atomic E-state index is 12.1. The van der Waals surface area contributed by atoms with Crippen LogP contribution in [0.1, 0.15) is 5.56 Å². The van der Waals surface area contributed by atoms with Gasteiger partial charge >= 0.3 is 6.18 Å². The maximum Gasteiger partial charge on any atom is 0.415 e. The summed E-state index contributed by atoms with van der Waals surface area (Å²) in [5.74, 6) is 0. The lowest BCUT2D eigenvalue weighted by atomic mass is 10.2. The van der Waals surface area contributed by atoms with Crippen molar-refractivity contribution in [3.63, 3.8) is 0 Å². The van der Waals surface area contributed by atoms with Crippen LogP contribution >= 0.6 is 0 Å². The van der Waals surface area contributed by atoms with Crippen LogP contribution in [-0.4, -0.2) is 28.5 Å². The third-order valence-electron chi connectivity index (χ3n) is 3.01. The van der Waals surface area contributed by atoms with Crippen LogP contribution in [0.25, 0.3) is 10.9 Å². The molecule has 0 aliphatic heterocycles. The Hall–Kier alpha value is -1.53. The van der Waals surface area contributed by atoms with E-state index in [9.17, 15) is 13.2 Å². The van der Waals surface area contributed by atoms with Gasteiger partial charge in [0.05, 0.1) is 0 Å². The Morgan fingerprint density at radius 3 is 2.68 bits per heavy atom. The number of aliphatic hydroxyl groups is 1. The number of hydrogen-bond acceptors (Lipinski definition) is 2. The molecular formula is C13H15F3N2O. The first-order valence-corrected chi connectivity index (χ1v) is 5.88. The van der Waals surface area contributed by atoms with Gasteiger partial charge in [0.25, 0.3) is 0 Å². The molecular weight excluding hydrogens is 257 g/mol. The average molecular weight is 272 g/mol. The summed E-state index contributed by atoms with van der Waals surface area (Å²) >= 11 is 0. The summed E-state index contributed by atoms with van der Waals surface area (Å²) in [6, 6.07) is 7.67. The van der Waals surface area contributed by atoms with Crippen LogP contribution in [0, 0.1) is 0 Å². The minimum Gasteiger partial charge on any atom is -0.382 e. The molecule has 2 aromatic rings. The highest BCUT2D eigenvalue weighted by molar-refractivity contribution is 5.83. The predicted molar refractivity (Wildman–Crippen MR) is 66.7 cm³/mol. The molecule has 6 heteroatoms. The molecule has 1 heterocycles. The molecule has 0 spiro atoms. The van der Waals surface area contributed by atoms with Crippen LogP contribution < -0.4 is 5.32 Å². The molecule has 1 aromatic carbocycles. The molecule has 0 amide bonds. The van der Waals surface area contributed by atoms with Crippen molar-refractivity contribution in [2.75, 3.05) is 6.54 Å². The molecule has 1 aromatic heterocycles. The minimum atomic E-state index is -4.58. The maximum atomic E-state index is 12.1. The molecule has 2 rings (SSSR count). The van der Waals surface area contributed by atoms with E-state index < -0.39 is 18.8 Å². The van der Waals surface area contributed by atoms with E-state index in [1.54, 1.807) is 0 Å². The molecule has 0 aliphatic carbocycles. The van der Waals surface area contributed by atoms with Crippen LogP contribution in [0.3, 0.4) is 0 Å². The number of nitrogens with one attached hydrogen (secondary N) is 1. The molecule has 0 bridgehead atoms. The summed E-state index contributed by atoms with van der Waals surface area (Å²) in [4.78, 5) is 0. The van der Waals surface area contributed by atoms with E-state index in [2.05, 4.69) is 5.32 Å². The molecule has 104 valence electrons. The van der Waals surface area contributed by atoms with Gasteiger partial charge in [0.2, 0.25) is 0 Å². The summed E-state index contributed by atoms with van der Waals surface area (Å²) in [5.41, 5.74) is 1.93. The van der Waals surface area contributed by atoms with E-state index in [-0.39, 0.29) is 6.54 Å². The molecule has 0 radical (unpaired) electrons. The Morgan fingerprint density at radius 2 is 2.00 bits per heavy atom. The number of aryl methyl sites for hydroxylation is 1. The van der Waals surface area contributed by atoms with Crippen molar-refractivity contribution in [1.29, 1.82) is 0 Å². The van der Waals surface area contributed by atoms with E-state index in [4.69, 9.17) is 5.11 Å². The number of rotatable bonds is 4. The zero-order valence-electron chi connectivity index (χ0n) is 10.4. The van der Waals surface area contributed by atoms with Gasteiger partial charge in [0, 0.05) is 37.2 Å². The normalized spacial score (nSPS) is 13.9. The highest BCUT2D eigenvalue weighted by atomic mass is 19.4. The smallest absolute Gasteiger partial charge is 0.382 e. The standard InChI is InChI=1S/C13H15F3N2O/c1-18-8-9(10-4-2-3-5-11(10)18)6-17-7-12(19)13(14,15)16/h2-5,8,12,17,19H,6-7H2,1H3. The van der Waals surface area contributed by atoms with Crippen molar-refractivity contribution < 1.29 is 18.3 Å². The molecule has 0 saturated carbocycles. The Bertz CT molecular complexity index is 563. The van der Waals surface area contributed by atoms with Gasteiger partial charge in [0.1, 0.15) is 0 Å². The number of alkyl halides is 3. The number of halogens is 3. The number of nitrogens with zero attached hydrogens (tertiary/aromatic N) is 1. The van der Waals surface area contributed by atoms with Gasteiger partial charge in [0.15, 0.2) is 6.10 Å². The summed E-state index contributed by atoms with van der Waals surface area (Å²) in [7, 11) is 1.89. The van der Waals surface area contributed by atoms with E-state index >= 15 is 0 Å². The molecule has 1 unspecified atom stereocenters. The summed E-state index contributed by atoms with van der Waals surface area (Å²) in [6.07, 6.45) is -5.04. The molecule has 0 aliphatic rings. The van der Waals surface area contributed by atoms with Crippen molar-refractivity contribution in [3.8, 4) is 0 Å². The lowest BCUT2D eigenvalue weighted by Gasteiger charge is -2.14. The number of fused-ring (bicyclic) bond motifs is 1. The zero-order valence-corrected chi connectivity index (χ0v) is 10.4. The van der Waals surface area contributed by atoms with Gasteiger partial charge < -0.3 is 15.0 Å². The third kappa shape index (κ3) is 3.08.